The predicted octanol–water partition coefficient (Wildman–Crippen LogP) is 2.72. The van der Waals surface area contributed by atoms with E-state index in [-0.39, 0.29) is 17.5 Å². The highest BCUT2D eigenvalue weighted by molar-refractivity contribution is 9.10. The molecular weight excluding hydrogens is 366 g/mol. The van der Waals surface area contributed by atoms with Gasteiger partial charge in [-0.2, -0.15) is 5.10 Å². The van der Waals surface area contributed by atoms with Crippen LogP contribution >= 0.6 is 15.9 Å². The van der Waals surface area contributed by atoms with Gasteiger partial charge in [-0.15, -0.1) is 0 Å². The molecule has 122 valence electrons. The molecule has 0 atom stereocenters. The first-order valence-electron chi connectivity index (χ1n) is 7.28. The SMILES string of the molecule is Cc1cc(Br)oc1C(=O)N1CCC(n2cc(C(=O)O)cn2)CC1. The van der Waals surface area contributed by atoms with Gasteiger partial charge < -0.3 is 14.4 Å². The Bertz CT molecular complexity index is 744. The molecule has 0 aromatic carbocycles. The number of carboxylic acids is 1. The minimum Gasteiger partial charge on any atom is -0.478 e. The Balaban J connectivity index is 1.65. The first-order valence-corrected chi connectivity index (χ1v) is 8.07. The Morgan fingerprint density at radius 2 is 2.09 bits per heavy atom. The molecule has 1 saturated heterocycles. The molecule has 1 aliphatic heterocycles. The van der Waals surface area contributed by atoms with Gasteiger partial charge in [0.1, 0.15) is 0 Å². The number of rotatable bonds is 3. The first kappa shape index (κ1) is 15.8. The monoisotopic (exact) mass is 381 g/mol. The quantitative estimate of drug-likeness (QED) is 0.882. The fraction of sp³-hybridized carbons (Fsp3) is 0.400. The molecule has 8 heteroatoms. The van der Waals surface area contributed by atoms with Crippen molar-refractivity contribution >= 4 is 27.8 Å². The molecule has 1 aliphatic rings. The highest BCUT2D eigenvalue weighted by Gasteiger charge is 2.28. The summed E-state index contributed by atoms with van der Waals surface area (Å²) < 4.78 is 7.64. The summed E-state index contributed by atoms with van der Waals surface area (Å²) in [4.78, 5) is 25.2. The second-order valence-electron chi connectivity index (χ2n) is 5.60. The van der Waals surface area contributed by atoms with E-state index in [1.807, 2.05) is 6.92 Å². The number of hydrogen-bond donors (Lipinski definition) is 1. The van der Waals surface area contributed by atoms with Crippen molar-refractivity contribution in [3.63, 3.8) is 0 Å². The van der Waals surface area contributed by atoms with Gasteiger partial charge in [-0.1, -0.05) is 0 Å². The van der Waals surface area contributed by atoms with E-state index in [0.717, 1.165) is 18.4 Å². The Kier molecular flexibility index (Phi) is 4.25. The number of amides is 1. The fourth-order valence-corrected chi connectivity index (χ4v) is 3.29. The van der Waals surface area contributed by atoms with Crippen LogP contribution in [0.25, 0.3) is 0 Å². The van der Waals surface area contributed by atoms with Crippen LogP contribution in [-0.2, 0) is 0 Å². The normalized spacial score (nSPS) is 15.8. The smallest absolute Gasteiger partial charge is 0.338 e. The van der Waals surface area contributed by atoms with E-state index < -0.39 is 5.97 Å². The van der Waals surface area contributed by atoms with Gasteiger partial charge in [0.15, 0.2) is 10.4 Å². The average Bonchev–Trinajstić information content (AvgIpc) is 3.13. The van der Waals surface area contributed by atoms with Crippen LogP contribution in [0.5, 0.6) is 0 Å². The molecular formula is C15H16BrN3O4. The van der Waals surface area contributed by atoms with Gasteiger partial charge in [0.25, 0.3) is 5.91 Å². The fourth-order valence-electron chi connectivity index (χ4n) is 2.78. The molecule has 0 spiro atoms. The van der Waals surface area contributed by atoms with Crippen molar-refractivity contribution in [1.82, 2.24) is 14.7 Å². The average molecular weight is 382 g/mol. The molecule has 0 aliphatic carbocycles. The molecule has 0 radical (unpaired) electrons. The number of halogens is 1. The van der Waals surface area contributed by atoms with E-state index in [0.29, 0.717) is 23.5 Å². The minimum absolute atomic E-state index is 0.108. The summed E-state index contributed by atoms with van der Waals surface area (Å²) in [6.07, 6.45) is 4.35. The van der Waals surface area contributed by atoms with Crippen LogP contribution in [0.2, 0.25) is 0 Å². The van der Waals surface area contributed by atoms with E-state index in [2.05, 4.69) is 21.0 Å². The van der Waals surface area contributed by atoms with Crippen molar-refractivity contribution in [2.24, 2.45) is 0 Å². The zero-order valence-electron chi connectivity index (χ0n) is 12.5. The number of hydrogen-bond acceptors (Lipinski definition) is 4. The van der Waals surface area contributed by atoms with Crippen molar-refractivity contribution < 1.29 is 19.1 Å². The topological polar surface area (TPSA) is 88.6 Å². The summed E-state index contributed by atoms with van der Waals surface area (Å²) >= 11 is 3.23. The lowest BCUT2D eigenvalue weighted by molar-refractivity contribution is 0.0655. The molecule has 2 aromatic rings. The summed E-state index contributed by atoms with van der Waals surface area (Å²) in [6.45, 7) is 3.01. The molecule has 0 saturated carbocycles. The number of aromatic carboxylic acids is 1. The standard InChI is InChI=1S/C15H16BrN3O4/c1-9-6-12(16)23-13(9)14(20)18-4-2-11(3-5-18)19-8-10(7-17-19)15(21)22/h6-8,11H,2-5H2,1H3,(H,21,22). The number of carbonyl (C=O) groups excluding carboxylic acids is 1. The van der Waals surface area contributed by atoms with Crippen molar-refractivity contribution in [2.75, 3.05) is 13.1 Å². The number of piperidine rings is 1. The number of nitrogens with zero attached hydrogens (tertiary/aromatic N) is 3. The Morgan fingerprint density at radius 1 is 1.39 bits per heavy atom. The van der Waals surface area contributed by atoms with Crippen LogP contribution in [0.1, 0.15) is 45.4 Å². The molecule has 1 amide bonds. The van der Waals surface area contributed by atoms with Gasteiger partial charge in [-0.05, 0) is 41.8 Å². The van der Waals surface area contributed by atoms with Gasteiger partial charge >= 0.3 is 5.97 Å². The summed E-state index contributed by atoms with van der Waals surface area (Å²) in [5.41, 5.74) is 0.988. The highest BCUT2D eigenvalue weighted by atomic mass is 79.9. The summed E-state index contributed by atoms with van der Waals surface area (Å²) in [7, 11) is 0. The maximum Gasteiger partial charge on any atom is 0.338 e. The molecule has 2 aromatic heterocycles. The van der Waals surface area contributed by atoms with Gasteiger partial charge in [0, 0.05) is 24.8 Å². The first-order chi connectivity index (χ1) is 11.0. The molecule has 7 nitrogen and oxygen atoms in total. The molecule has 3 rings (SSSR count). The molecule has 0 bridgehead atoms. The zero-order valence-corrected chi connectivity index (χ0v) is 14.1. The van der Waals surface area contributed by atoms with Crippen molar-refractivity contribution in [2.45, 2.75) is 25.8 Å². The van der Waals surface area contributed by atoms with Crippen molar-refractivity contribution in [1.29, 1.82) is 0 Å². The molecule has 1 N–H and O–H groups in total. The number of carbonyl (C=O) groups is 2. The molecule has 23 heavy (non-hydrogen) atoms. The maximum absolute atomic E-state index is 12.5. The number of aryl methyl sites for hydroxylation is 1. The van der Waals surface area contributed by atoms with Crippen molar-refractivity contribution in [3.8, 4) is 0 Å². The van der Waals surface area contributed by atoms with Gasteiger partial charge in [-0.25, -0.2) is 4.79 Å². The third kappa shape index (κ3) is 3.17. The van der Waals surface area contributed by atoms with Crippen LogP contribution in [0, 0.1) is 6.92 Å². The highest BCUT2D eigenvalue weighted by Crippen LogP contribution is 2.26. The van der Waals surface area contributed by atoms with E-state index in [1.54, 1.807) is 15.6 Å². The summed E-state index contributed by atoms with van der Waals surface area (Å²) in [5, 5.41) is 13.1. The molecule has 1 fully saturated rings. The van der Waals surface area contributed by atoms with Crippen LogP contribution < -0.4 is 0 Å². The second kappa shape index (κ2) is 6.19. The molecule has 3 heterocycles. The number of aromatic nitrogens is 2. The number of furan rings is 1. The van der Waals surface area contributed by atoms with Gasteiger partial charge in [-0.3, -0.25) is 9.48 Å². The van der Waals surface area contributed by atoms with Crippen LogP contribution in [0.15, 0.2) is 27.5 Å². The van der Waals surface area contributed by atoms with E-state index in [4.69, 9.17) is 9.52 Å². The van der Waals surface area contributed by atoms with Crippen LogP contribution in [0.4, 0.5) is 0 Å². The second-order valence-corrected chi connectivity index (χ2v) is 6.38. The third-order valence-corrected chi connectivity index (χ3v) is 4.45. The maximum atomic E-state index is 12.5. The Morgan fingerprint density at radius 3 is 2.61 bits per heavy atom. The lowest BCUT2D eigenvalue weighted by Crippen LogP contribution is -2.39. The van der Waals surface area contributed by atoms with Crippen molar-refractivity contribution in [3.05, 3.63) is 40.0 Å². The number of carboxylic acid groups (broad SMARTS) is 1. The summed E-state index contributed by atoms with van der Waals surface area (Å²) in [6, 6.07) is 1.88. The van der Waals surface area contributed by atoms with E-state index >= 15 is 0 Å². The zero-order chi connectivity index (χ0) is 16.6. The lowest BCUT2D eigenvalue weighted by Gasteiger charge is -2.31. The number of likely N-dealkylation sites (tertiary alicyclic amines) is 1. The molecule has 0 unspecified atom stereocenters. The third-order valence-electron chi connectivity index (χ3n) is 4.06. The van der Waals surface area contributed by atoms with Crippen LogP contribution in [0.3, 0.4) is 0 Å². The lowest BCUT2D eigenvalue weighted by atomic mass is 10.0. The van der Waals surface area contributed by atoms with Gasteiger partial charge in [0.05, 0.1) is 17.8 Å². The van der Waals surface area contributed by atoms with Crippen LogP contribution in [-0.4, -0.2) is 44.8 Å². The van der Waals surface area contributed by atoms with E-state index in [1.165, 1.54) is 12.4 Å². The minimum atomic E-state index is -0.984. The van der Waals surface area contributed by atoms with Gasteiger partial charge in [0.2, 0.25) is 0 Å². The summed E-state index contributed by atoms with van der Waals surface area (Å²) in [5.74, 6) is -0.733. The Labute approximate surface area is 141 Å². The predicted molar refractivity (Wildman–Crippen MR) is 84.5 cm³/mol. The Hall–Kier alpha value is -2.09. The van der Waals surface area contributed by atoms with E-state index in [9.17, 15) is 9.59 Å². The largest absolute Gasteiger partial charge is 0.478 e.